The van der Waals surface area contributed by atoms with Crippen molar-refractivity contribution in [1.29, 1.82) is 0 Å². The monoisotopic (exact) mass is 422 g/mol. The van der Waals surface area contributed by atoms with Crippen LogP contribution in [0.2, 0.25) is 10.0 Å². The smallest absolute Gasteiger partial charge is 0.227 e. The van der Waals surface area contributed by atoms with Crippen LogP contribution >= 0.6 is 23.2 Å². The molecule has 9 heteroatoms. The molecule has 1 aromatic carbocycles. The van der Waals surface area contributed by atoms with Gasteiger partial charge in [0.1, 0.15) is 5.82 Å². The summed E-state index contributed by atoms with van der Waals surface area (Å²) in [5, 5.41) is 10.4. The molecular weight excluding hydrogens is 399 g/mol. The van der Waals surface area contributed by atoms with E-state index < -0.39 is 0 Å². The summed E-state index contributed by atoms with van der Waals surface area (Å²) in [7, 11) is 1.78. The molecule has 1 aliphatic rings. The summed E-state index contributed by atoms with van der Waals surface area (Å²) in [5.41, 5.74) is 0.861. The Hall–Kier alpha value is -2.12. The van der Waals surface area contributed by atoms with Gasteiger partial charge in [-0.05, 0) is 50.3 Å². The zero-order valence-corrected chi connectivity index (χ0v) is 17.4. The van der Waals surface area contributed by atoms with Crippen molar-refractivity contribution in [3.8, 4) is 0 Å². The van der Waals surface area contributed by atoms with Crippen LogP contribution in [0.3, 0.4) is 0 Å². The molecule has 0 saturated heterocycles. The first kappa shape index (κ1) is 20.6. The van der Waals surface area contributed by atoms with Crippen LogP contribution in [0.15, 0.2) is 18.2 Å². The average Bonchev–Trinajstić information content (AvgIpc) is 2.67. The average molecular weight is 423 g/mol. The normalized spacial score (nSPS) is 19.1. The van der Waals surface area contributed by atoms with Crippen molar-refractivity contribution >= 4 is 41.0 Å². The Kier molecular flexibility index (Phi) is 6.91. The van der Waals surface area contributed by atoms with Gasteiger partial charge < -0.3 is 16.0 Å². The standard InChI is InChI=1S/C19H24Cl2N6O/c1-11-24-18(22-2)27-19(25-11)26-15-7-4-12(5-8-15)17(28)23-10-13-3-6-14(20)9-16(13)21/h3,6,9,12,15H,4-5,7-8,10H2,1-2H3,(H,23,28)(H2,22,24,25,26,27)/t12-,15+. The van der Waals surface area contributed by atoms with Crippen molar-refractivity contribution in [3.05, 3.63) is 39.6 Å². The second-order valence-corrected chi connectivity index (χ2v) is 7.77. The van der Waals surface area contributed by atoms with E-state index in [1.807, 2.05) is 13.0 Å². The Balaban J connectivity index is 1.48. The van der Waals surface area contributed by atoms with Gasteiger partial charge in [0.05, 0.1) is 0 Å². The highest BCUT2D eigenvalue weighted by atomic mass is 35.5. The predicted molar refractivity (Wildman–Crippen MR) is 112 cm³/mol. The lowest BCUT2D eigenvalue weighted by Crippen LogP contribution is -2.36. The molecule has 7 nitrogen and oxygen atoms in total. The third-order valence-electron chi connectivity index (χ3n) is 4.87. The van der Waals surface area contributed by atoms with Gasteiger partial charge in [0.25, 0.3) is 0 Å². The van der Waals surface area contributed by atoms with E-state index in [1.54, 1.807) is 19.2 Å². The van der Waals surface area contributed by atoms with Gasteiger partial charge in [0.15, 0.2) is 0 Å². The molecule has 0 atom stereocenters. The fraction of sp³-hybridized carbons (Fsp3) is 0.474. The molecule has 1 aliphatic carbocycles. The summed E-state index contributed by atoms with van der Waals surface area (Å²) in [5.74, 6) is 1.86. The number of nitrogens with zero attached hydrogens (tertiary/aromatic N) is 3. The molecule has 28 heavy (non-hydrogen) atoms. The van der Waals surface area contributed by atoms with E-state index in [0.29, 0.717) is 34.3 Å². The molecule has 1 aromatic heterocycles. The summed E-state index contributed by atoms with van der Waals surface area (Å²) in [4.78, 5) is 25.4. The second kappa shape index (κ2) is 9.39. The SMILES string of the molecule is CNc1nc(C)nc(N[C@H]2CC[C@@H](C(=O)NCc3ccc(Cl)cc3Cl)CC2)n1. The van der Waals surface area contributed by atoms with E-state index in [9.17, 15) is 4.79 Å². The van der Waals surface area contributed by atoms with Crippen LogP contribution in [0, 0.1) is 12.8 Å². The molecule has 3 N–H and O–H groups in total. The van der Waals surface area contributed by atoms with Gasteiger partial charge in [-0.25, -0.2) is 0 Å². The molecule has 150 valence electrons. The number of amides is 1. The maximum absolute atomic E-state index is 12.5. The quantitative estimate of drug-likeness (QED) is 0.655. The van der Waals surface area contributed by atoms with E-state index in [-0.39, 0.29) is 17.9 Å². The Morgan fingerprint density at radius 1 is 1.11 bits per heavy atom. The minimum Gasteiger partial charge on any atom is -0.357 e. The zero-order valence-electron chi connectivity index (χ0n) is 15.9. The summed E-state index contributed by atoms with van der Waals surface area (Å²) in [6.45, 7) is 2.24. The van der Waals surface area contributed by atoms with E-state index in [2.05, 4.69) is 30.9 Å². The highest BCUT2D eigenvalue weighted by Crippen LogP contribution is 2.27. The second-order valence-electron chi connectivity index (χ2n) is 6.93. The molecule has 3 rings (SSSR count). The van der Waals surface area contributed by atoms with Gasteiger partial charge >= 0.3 is 0 Å². The number of halogens is 2. The van der Waals surface area contributed by atoms with E-state index in [1.165, 1.54) is 0 Å². The molecule has 1 heterocycles. The summed E-state index contributed by atoms with van der Waals surface area (Å²) >= 11 is 12.1. The summed E-state index contributed by atoms with van der Waals surface area (Å²) < 4.78 is 0. The van der Waals surface area contributed by atoms with E-state index in [4.69, 9.17) is 23.2 Å². The van der Waals surface area contributed by atoms with Gasteiger partial charge in [-0.1, -0.05) is 29.3 Å². The molecule has 0 spiro atoms. The lowest BCUT2D eigenvalue weighted by molar-refractivity contribution is -0.126. The predicted octanol–water partition coefficient (Wildman–Crippen LogP) is 3.82. The first-order chi connectivity index (χ1) is 13.4. The summed E-state index contributed by atoms with van der Waals surface area (Å²) in [6, 6.07) is 5.54. The summed E-state index contributed by atoms with van der Waals surface area (Å²) in [6.07, 6.45) is 3.42. The van der Waals surface area contributed by atoms with Crippen LogP contribution in [0.5, 0.6) is 0 Å². The maximum Gasteiger partial charge on any atom is 0.227 e. The molecule has 1 amide bonds. The number of aromatic nitrogens is 3. The van der Waals surface area contributed by atoms with Crippen molar-refractivity contribution in [2.75, 3.05) is 17.7 Å². The van der Waals surface area contributed by atoms with Gasteiger partial charge in [-0.15, -0.1) is 0 Å². The van der Waals surface area contributed by atoms with Gasteiger partial charge in [-0.3, -0.25) is 4.79 Å². The van der Waals surface area contributed by atoms with Crippen molar-refractivity contribution in [1.82, 2.24) is 20.3 Å². The molecule has 2 aromatic rings. The highest BCUT2D eigenvalue weighted by Gasteiger charge is 2.26. The molecule has 1 saturated carbocycles. The Labute approximate surface area is 174 Å². The van der Waals surface area contributed by atoms with E-state index >= 15 is 0 Å². The van der Waals surface area contributed by atoms with Crippen molar-refractivity contribution in [3.63, 3.8) is 0 Å². The van der Waals surface area contributed by atoms with Gasteiger partial charge in [-0.2, -0.15) is 15.0 Å². The number of carbonyl (C=O) groups is 1. The fourth-order valence-electron chi connectivity index (χ4n) is 3.33. The lowest BCUT2D eigenvalue weighted by atomic mass is 9.85. The van der Waals surface area contributed by atoms with Gasteiger partial charge in [0, 0.05) is 35.6 Å². The minimum atomic E-state index is 0.0112. The van der Waals surface area contributed by atoms with Crippen molar-refractivity contribution < 1.29 is 4.79 Å². The van der Waals surface area contributed by atoms with Crippen LogP contribution in [-0.2, 0) is 11.3 Å². The first-order valence-electron chi connectivity index (χ1n) is 9.33. The van der Waals surface area contributed by atoms with Crippen LogP contribution < -0.4 is 16.0 Å². The van der Waals surface area contributed by atoms with Crippen molar-refractivity contribution in [2.45, 2.75) is 45.2 Å². The number of rotatable bonds is 6. The third kappa shape index (κ3) is 5.45. The number of hydrogen-bond acceptors (Lipinski definition) is 6. The van der Waals surface area contributed by atoms with Gasteiger partial charge in [0.2, 0.25) is 17.8 Å². The van der Waals surface area contributed by atoms with Crippen molar-refractivity contribution in [2.24, 2.45) is 5.92 Å². The number of carbonyl (C=O) groups excluding carboxylic acids is 1. The Morgan fingerprint density at radius 2 is 1.82 bits per heavy atom. The number of benzene rings is 1. The van der Waals surface area contributed by atoms with E-state index in [0.717, 1.165) is 31.2 Å². The topological polar surface area (TPSA) is 91.8 Å². The molecule has 0 radical (unpaired) electrons. The Morgan fingerprint density at radius 3 is 2.50 bits per heavy atom. The maximum atomic E-state index is 12.5. The number of hydrogen-bond donors (Lipinski definition) is 3. The lowest BCUT2D eigenvalue weighted by Gasteiger charge is -2.28. The molecule has 0 aliphatic heterocycles. The number of anilines is 2. The zero-order chi connectivity index (χ0) is 20.1. The van der Waals surface area contributed by atoms with Crippen LogP contribution in [-0.4, -0.2) is 33.9 Å². The minimum absolute atomic E-state index is 0.0112. The number of aryl methyl sites for hydroxylation is 1. The molecular formula is C19H24Cl2N6O. The Bertz CT molecular complexity index is 839. The number of nitrogens with one attached hydrogen (secondary N) is 3. The fourth-order valence-corrected chi connectivity index (χ4v) is 3.81. The van der Waals surface area contributed by atoms with Crippen LogP contribution in [0.25, 0.3) is 0 Å². The van der Waals surface area contributed by atoms with Crippen LogP contribution in [0.4, 0.5) is 11.9 Å². The molecule has 1 fully saturated rings. The highest BCUT2D eigenvalue weighted by molar-refractivity contribution is 6.35. The largest absolute Gasteiger partial charge is 0.357 e. The molecule has 0 bridgehead atoms. The first-order valence-corrected chi connectivity index (χ1v) is 10.1. The molecule has 0 unspecified atom stereocenters. The third-order valence-corrected chi connectivity index (χ3v) is 5.46. The van der Waals surface area contributed by atoms with Crippen LogP contribution in [0.1, 0.15) is 37.1 Å².